The Labute approximate surface area is 147 Å². The van der Waals surface area contributed by atoms with Gasteiger partial charge < -0.3 is 4.52 Å². The van der Waals surface area contributed by atoms with Gasteiger partial charge in [0.25, 0.3) is 0 Å². The molecule has 0 atom stereocenters. The maximum absolute atomic E-state index is 5.29. The summed E-state index contributed by atoms with van der Waals surface area (Å²) >= 11 is 0. The molecule has 0 amide bonds. The molecule has 4 rings (SSSR count). The van der Waals surface area contributed by atoms with E-state index in [2.05, 4.69) is 32.4 Å². The Morgan fingerprint density at radius 1 is 1.20 bits per heavy atom. The minimum absolute atomic E-state index is 0.512. The molecule has 0 bridgehead atoms. The van der Waals surface area contributed by atoms with Crippen LogP contribution in [0.1, 0.15) is 41.6 Å². The number of rotatable bonds is 4. The van der Waals surface area contributed by atoms with Crippen LogP contribution in [0.4, 0.5) is 0 Å². The summed E-state index contributed by atoms with van der Waals surface area (Å²) in [7, 11) is 0. The van der Waals surface area contributed by atoms with Gasteiger partial charge in [-0.1, -0.05) is 11.2 Å². The zero-order chi connectivity index (χ0) is 17.2. The molecule has 4 heterocycles. The standard InChI is InChI=1S/C19H23N5O/c1-13-19(14(2)25-23-13)18-5-3-4-17(21-18)15-7-10-24(11-8-15)12-16-6-9-20-22-16/h3-6,9,15H,7-8,10-12H2,1-2H3,(H,20,22). The normalized spacial score (nSPS) is 16.4. The van der Waals surface area contributed by atoms with Gasteiger partial charge in [0, 0.05) is 30.0 Å². The molecule has 3 aromatic rings. The van der Waals surface area contributed by atoms with Gasteiger partial charge >= 0.3 is 0 Å². The molecule has 1 N–H and O–H groups in total. The molecule has 3 aromatic heterocycles. The molecule has 0 unspecified atom stereocenters. The van der Waals surface area contributed by atoms with E-state index < -0.39 is 0 Å². The summed E-state index contributed by atoms with van der Waals surface area (Å²) in [5.41, 5.74) is 5.25. The molecule has 0 radical (unpaired) electrons. The van der Waals surface area contributed by atoms with Crippen molar-refractivity contribution in [1.29, 1.82) is 0 Å². The van der Waals surface area contributed by atoms with Gasteiger partial charge in [-0.05, 0) is 58.0 Å². The molecule has 1 saturated heterocycles. The summed E-state index contributed by atoms with van der Waals surface area (Å²) < 4.78 is 5.29. The van der Waals surface area contributed by atoms with Gasteiger partial charge in [0.2, 0.25) is 0 Å². The first-order chi connectivity index (χ1) is 12.2. The third-order valence-corrected chi connectivity index (χ3v) is 5.02. The van der Waals surface area contributed by atoms with Crippen LogP contribution in [0.25, 0.3) is 11.3 Å². The summed E-state index contributed by atoms with van der Waals surface area (Å²) in [6.45, 7) is 7.02. The summed E-state index contributed by atoms with van der Waals surface area (Å²) in [5.74, 6) is 1.34. The Morgan fingerprint density at radius 3 is 2.72 bits per heavy atom. The zero-order valence-corrected chi connectivity index (χ0v) is 14.7. The monoisotopic (exact) mass is 337 g/mol. The molecule has 6 heteroatoms. The van der Waals surface area contributed by atoms with Crippen LogP contribution in [-0.4, -0.2) is 38.3 Å². The van der Waals surface area contributed by atoms with Crippen LogP contribution < -0.4 is 0 Å². The molecule has 1 fully saturated rings. The summed E-state index contributed by atoms with van der Waals surface area (Å²) in [6.07, 6.45) is 4.07. The third kappa shape index (κ3) is 3.35. The first-order valence-electron chi connectivity index (χ1n) is 8.81. The topological polar surface area (TPSA) is 70.8 Å². The molecule has 1 aliphatic rings. The molecule has 25 heavy (non-hydrogen) atoms. The third-order valence-electron chi connectivity index (χ3n) is 5.02. The number of nitrogens with one attached hydrogen (secondary N) is 1. The van der Waals surface area contributed by atoms with Crippen molar-refractivity contribution < 1.29 is 4.52 Å². The molecule has 0 aromatic carbocycles. The summed E-state index contributed by atoms with van der Waals surface area (Å²) in [5, 5.41) is 11.1. The van der Waals surface area contributed by atoms with E-state index in [0.29, 0.717) is 5.92 Å². The van der Waals surface area contributed by atoms with Gasteiger partial charge in [0.05, 0.1) is 17.0 Å². The van der Waals surface area contributed by atoms with E-state index in [1.54, 1.807) is 0 Å². The molecule has 1 aliphatic heterocycles. The van der Waals surface area contributed by atoms with Crippen LogP contribution in [0, 0.1) is 13.8 Å². The van der Waals surface area contributed by atoms with Gasteiger partial charge in [-0.3, -0.25) is 15.0 Å². The number of aryl methyl sites for hydroxylation is 2. The summed E-state index contributed by atoms with van der Waals surface area (Å²) in [6, 6.07) is 8.33. The van der Waals surface area contributed by atoms with E-state index in [1.165, 1.54) is 11.4 Å². The van der Waals surface area contributed by atoms with Crippen molar-refractivity contribution in [2.45, 2.75) is 39.2 Å². The van der Waals surface area contributed by atoms with Gasteiger partial charge in [-0.15, -0.1) is 0 Å². The second kappa shape index (κ2) is 6.80. The zero-order valence-electron chi connectivity index (χ0n) is 14.7. The molecule has 0 aliphatic carbocycles. The maximum Gasteiger partial charge on any atom is 0.143 e. The van der Waals surface area contributed by atoms with Crippen LogP contribution >= 0.6 is 0 Å². The van der Waals surface area contributed by atoms with Gasteiger partial charge in [0.1, 0.15) is 5.76 Å². The van der Waals surface area contributed by atoms with Crippen molar-refractivity contribution in [2.24, 2.45) is 0 Å². The van der Waals surface area contributed by atoms with Crippen LogP contribution in [0.3, 0.4) is 0 Å². The summed E-state index contributed by atoms with van der Waals surface area (Å²) in [4.78, 5) is 7.40. The number of nitrogens with zero attached hydrogens (tertiary/aromatic N) is 4. The highest BCUT2D eigenvalue weighted by atomic mass is 16.5. The molecule has 6 nitrogen and oxygen atoms in total. The second-order valence-corrected chi connectivity index (χ2v) is 6.78. The fourth-order valence-electron chi connectivity index (χ4n) is 3.67. The van der Waals surface area contributed by atoms with Crippen molar-refractivity contribution in [3.8, 4) is 11.3 Å². The average Bonchev–Trinajstić information content (AvgIpc) is 3.25. The van der Waals surface area contributed by atoms with Crippen LogP contribution in [0.2, 0.25) is 0 Å². The lowest BCUT2D eigenvalue weighted by molar-refractivity contribution is 0.201. The number of likely N-dealkylation sites (tertiary alicyclic amines) is 1. The Bertz CT molecular complexity index is 812. The van der Waals surface area contributed by atoms with E-state index >= 15 is 0 Å². The second-order valence-electron chi connectivity index (χ2n) is 6.78. The van der Waals surface area contributed by atoms with Crippen LogP contribution in [0.15, 0.2) is 35.0 Å². The number of piperidine rings is 1. The quantitative estimate of drug-likeness (QED) is 0.789. The van der Waals surface area contributed by atoms with Gasteiger partial charge in [-0.25, -0.2) is 0 Å². The largest absolute Gasteiger partial charge is 0.361 e. The van der Waals surface area contributed by atoms with E-state index in [-0.39, 0.29) is 0 Å². The molecular weight excluding hydrogens is 314 g/mol. The number of hydrogen-bond acceptors (Lipinski definition) is 5. The first kappa shape index (κ1) is 16.0. The van der Waals surface area contributed by atoms with E-state index in [0.717, 1.165) is 55.2 Å². The van der Waals surface area contributed by atoms with Gasteiger partial charge in [0.15, 0.2) is 0 Å². The van der Waals surface area contributed by atoms with Crippen molar-refractivity contribution >= 4 is 0 Å². The lowest BCUT2D eigenvalue weighted by atomic mass is 9.92. The number of hydrogen-bond donors (Lipinski definition) is 1. The predicted octanol–water partition coefficient (Wildman–Crippen LogP) is 3.46. The van der Waals surface area contributed by atoms with Gasteiger partial charge in [-0.2, -0.15) is 5.10 Å². The van der Waals surface area contributed by atoms with Crippen molar-refractivity contribution in [1.82, 2.24) is 25.2 Å². The first-order valence-corrected chi connectivity index (χ1v) is 8.81. The van der Waals surface area contributed by atoms with Crippen molar-refractivity contribution in [3.63, 3.8) is 0 Å². The highest BCUT2D eigenvalue weighted by Crippen LogP contribution is 2.30. The number of pyridine rings is 1. The number of aromatic nitrogens is 4. The lowest BCUT2D eigenvalue weighted by Crippen LogP contribution is -2.32. The van der Waals surface area contributed by atoms with Crippen LogP contribution in [0.5, 0.6) is 0 Å². The Morgan fingerprint density at radius 2 is 2.04 bits per heavy atom. The molecule has 0 spiro atoms. The number of aromatic amines is 1. The van der Waals surface area contributed by atoms with Crippen LogP contribution in [-0.2, 0) is 6.54 Å². The average molecular weight is 337 g/mol. The number of H-pyrrole nitrogens is 1. The minimum atomic E-state index is 0.512. The maximum atomic E-state index is 5.29. The van der Waals surface area contributed by atoms with E-state index in [9.17, 15) is 0 Å². The smallest absolute Gasteiger partial charge is 0.143 e. The Balaban J connectivity index is 1.46. The van der Waals surface area contributed by atoms with Crippen molar-refractivity contribution in [2.75, 3.05) is 13.1 Å². The fraction of sp³-hybridized carbons (Fsp3) is 0.421. The highest BCUT2D eigenvalue weighted by Gasteiger charge is 2.23. The Kier molecular flexibility index (Phi) is 4.36. The van der Waals surface area contributed by atoms with Crippen molar-refractivity contribution in [3.05, 3.63) is 53.3 Å². The van der Waals surface area contributed by atoms with E-state index in [1.807, 2.05) is 32.2 Å². The highest BCUT2D eigenvalue weighted by molar-refractivity contribution is 5.63. The van der Waals surface area contributed by atoms with E-state index in [4.69, 9.17) is 9.51 Å². The molecule has 0 saturated carbocycles. The molecule has 130 valence electrons. The fourth-order valence-corrected chi connectivity index (χ4v) is 3.67. The minimum Gasteiger partial charge on any atom is -0.361 e. The lowest BCUT2D eigenvalue weighted by Gasteiger charge is -2.31. The molecular formula is C19H23N5O. The Hall–Kier alpha value is -2.47. The predicted molar refractivity (Wildman–Crippen MR) is 95.0 cm³/mol. The SMILES string of the molecule is Cc1noc(C)c1-c1cccc(C2CCN(Cc3ccn[nH]3)CC2)n1.